The van der Waals surface area contributed by atoms with Crippen molar-refractivity contribution in [2.24, 2.45) is 7.05 Å². The minimum absolute atomic E-state index is 0.290. The Balaban J connectivity index is 1.42. The molecule has 1 aliphatic rings. The number of nitrogens with zero attached hydrogens (tertiary/aromatic N) is 6. The lowest BCUT2D eigenvalue weighted by molar-refractivity contribution is 0.159. The number of hydrogen-bond donors (Lipinski definition) is 2. The zero-order valence-corrected chi connectivity index (χ0v) is 21.9. The predicted molar refractivity (Wildman–Crippen MR) is 142 cm³/mol. The molecule has 1 aliphatic heterocycles. The van der Waals surface area contributed by atoms with Crippen molar-refractivity contribution in [1.29, 1.82) is 0 Å². The number of likely N-dealkylation sites (tertiary alicyclic amines) is 1. The zero-order chi connectivity index (χ0) is 27.5. The van der Waals surface area contributed by atoms with Crippen LogP contribution in [-0.4, -0.2) is 74.9 Å². The SMILES string of the molecule is COCCN1C[C@@H](NC(=O)Nc2c(C)c(-c3cnn(C)c3)nn2-c2ccccc2)[C@H](c2cnc(F)c(F)c2)C1. The van der Waals surface area contributed by atoms with Crippen LogP contribution in [0.1, 0.15) is 17.0 Å². The van der Waals surface area contributed by atoms with E-state index >= 15 is 0 Å². The number of methoxy groups -OCH3 is 1. The Labute approximate surface area is 224 Å². The van der Waals surface area contributed by atoms with Crippen molar-refractivity contribution in [3.05, 3.63) is 77.9 Å². The van der Waals surface area contributed by atoms with Crippen molar-refractivity contribution in [2.75, 3.05) is 38.7 Å². The molecule has 2 atom stereocenters. The molecule has 204 valence electrons. The van der Waals surface area contributed by atoms with Crippen molar-refractivity contribution in [1.82, 2.24) is 34.8 Å². The summed E-state index contributed by atoms with van der Waals surface area (Å²) in [5.74, 6) is -1.94. The average Bonchev–Trinajstić information content (AvgIpc) is 3.62. The summed E-state index contributed by atoms with van der Waals surface area (Å²) < 4.78 is 36.1. The molecule has 1 fully saturated rings. The number of carbonyl (C=O) groups excluding carboxylic acids is 1. The molecule has 10 nitrogen and oxygen atoms in total. The molecule has 2 amide bonds. The Morgan fingerprint density at radius 2 is 1.97 bits per heavy atom. The Hall–Kier alpha value is -4.16. The summed E-state index contributed by atoms with van der Waals surface area (Å²) in [7, 11) is 3.45. The highest BCUT2D eigenvalue weighted by Gasteiger charge is 2.35. The molecule has 0 saturated carbocycles. The van der Waals surface area contributed by atoms with Crippen LogP contribution < -0.4 is 10.6 Å². The molecule has 5 rings (SSSR count). The van der Waals surface area contributed by atoms with Crippen LogP contribution in [0.4, 0.5) is 19.4 Å². The lowest BCUT2D eigenvalue weighted by Gasteiger charge is -2.21. The number of amides is 2. The molecule has 0 aliphatic carbocycles. The van der Waals surface area contributed by atoms with Crippen LogP contribution in [0.2, 0.25) is 0 Å². The van der Waals surface area contributed by atoms with Gasteiger partial charge < -0.3 is 10.1 Å². The van der Waals surface area contributed by atoms with Crippen LogP contribution in [0, 0.1) is 18.7 Å². The number of halogens is 2. The van der Waals surface area contributed by atoms with Gasteiger partial charge in [0.05, 0.1) is 24.5 Å². The minimum Gasteiger partial charge on any atom is -0.383 e. The lowest BCUT2D eigenvalue weighted by atomic mass is 9.96. The third kappa shape index (κ3) is 5.66. The second-order valence-corrected chi connectivity index (χ2v) is 9.58. The molecule has 2 N–H and O–H groups in total. The van der Waals surface area contributed by atoms with E-state index in [0.717, 1.165) is 22.9 Å². The Morgan fingerprint density at radius 3 is 2.67 bits per heavy atom. The van der Waals surface area contributed by atoms with Crippen LogP contribution in [0.3, 0.4) is 0 Å². The van der Waals surface area contributed by atoms with E-state index in [0.29, 0.717) is 43.3 Å². The van der Waals surface area contributed by atoms with Crippen molar-refractivity contribution in [2.45, 2.75) is 18.9 Å². The summed E-state index contributed by atoms with van der Waals surface area (Å²) in [6.07, 6.45) is 4.91. The Bertz CT molecular complexity index is 1460. The van der Waals surface area contributed by atoms with Gasteiger partial charge in [0.2, 0.25) is 5.95 Å². The van der Waals surface area contributed by atoms with Crippen LogP contribution in [0.15, 0.2) is 55.0 Å². The molecule has 0 unspecified atom stereocenters. The summed E-state index contributed by atoms with van der Waals surface area (Å²) in [6.45, 7) is 4.08. The lowest BCUT2D eigenvalue weighted by Crippen LogP contribution is -2.42. The number of benzene rings is 1. The second-order valence-electron chi connectivity index (χ2n) is 9.58. The van der Waals surface area contributed by atoms with Crippen LogP contribution >= 0.6 is 0 Å². The molecule has 1 aromatic carbocycles. The van der Waals surface area contributed by atoms with Gasteiger partial charge in [-0.2, -0.15) is 14.6 Å². The number of rotatable bonds is 8. The van der Waals surface area contributed by atoms with E-state index < -0.39 is 17.8 Å². The maximum absolute atomic E-state index is 14.0. The number of aryl methyl sites for hydroxylation is 1. The molecule has 12 heteroatoms. The van der Waals surface area contributed by atoms with E-state index in [1.54, 1.807) is 22.7 Å². The van der Waals surface area contributed by atoms with Gasteiger partial charge >= 0.3 is 6.03 Å². The topological polar surface area (TPSA) is 102 Å². The van der Waals surface area contributed by atoms with E-state index in [9.17, 15) is 13.6 Å². The van der Waals surface area contributed by atoms with Gasteiger partial charge in [-0.05, 0) is 30.7 Å². The van der Waals surface area contributed by atoms with Gasteiger partial charge in [-0.25, -0.2) is 18.9 Å². The Kier molecular flexibility index (Phi) is 7.66. The standard InChI is InChI=1S/C27H30F2N8O2/c1-17-24(19-13-31-35(2)14-19)34-37(20-7-5-4-6-8-20)26(17)33-27(38)32-23-16-36(9-10-39-3)15-21(23)18-11-22(28)25(29)30-12-18/h4-8,11-14,21,23H,9-10,15-16H2,1-3H3,(H2,32,33,38)/t21-,23+/m0/s1. The fraction of sp³-hybridized carbons (Fsp3) is 0.333. The first-order chi connectivity index (χ1) is 18.8. The monoisotopic (exact) mass is 536 g/mol. The van der Waals surface area contributed by atoms with Crippen LogP contribution in [0.25, 0.3) is 16.9 Å². The van der Waals surface area contributed by atoms with Crippen molar-refractivity contribution >= 4 is 11.8 Å². The number of urea groups is 1. The maximum Gasteiger partial charge on any atom is 0.320 e. The molecule has 39 heavy (non-hydrogen) atoms. The van der Waals surface area contributed by atoms with Crippen molar-refractivity contribution in [3.8, 4) is 16.9 Å². The normalized spacial score (nSPS) is 17.5. The fourth-order valence-electron chi connectivity index (χ4n) is 4.94. The molecule has 3 aromatic heterocycles. The number of carbonyl (C=O) groups is 1. The van der Waals surface area contributed by atoms with Gasteiger partial charge in [0.15, 0.2) is 5.82 Å². The zero-order valence-electron chi connectivity index (χ0n) is 21.9. The number of nitrogens with one attached hydrogen (secondary N) is 2. The van der Waals surface area contributed by atoms with E-state index in [2.05, 4.69) is 25.6 Å². The minimum atomic E-state index is -1.15. The summed E-state index contributed by atoms with van der Waals surface area (Å²) in [6, 6.07) is 9.84. The average molecular weight is 537 g/mol. The molecule has 4 aromatic rings. The smallest absolute Gasteiger partial charge is 0.320 e. The largest absolute Gasteiger partial charge is 0.383 e. The van der Waals surface area contributed by atoms with Gasteiger partial charge in [0.25, 0.3) is 0 Å². The molecule has 1 saturated heterocycles. The molecule has 4 heterocycles. The Morgan fingerprint density at radius 1 is 1.18 bits per heavy atom. The van der Waals surface area contributed by atoms with Gasteiger partial charge in [-0.3, -0.25) is 14.9 Å². The van der Waals surface area contributed by atoms with E-state index in [4.69, 9.17) is 9.84 Å². The highest BCUT2D eigenvalue weighted by Crippen LogP contribution is 2.31. The first-order valence-corrected chi connectivity index (χ1v) is 12.6. The van der Waals surface area contributed by atoms with Crippen LogP contribution in [-0.2, 0) is 11.8 Å². The van der Waals surface area contributed by atoms with Gasteiger partial charge in [0, 0.05) is 63.2 Å². The third-order valence-corrected chi connectivity index (χ3v) is 6.90. The van der Waals surface area contributed by atoms with Crippen LogP contribution in [0.5, 0.6) is 0 Å². The number of pyridine rings is 1. The summed E-state index contributed by atoms with van der Waals surface area (Å²) >= 11 is 0. The number of hydrogen-bond acceptors (Lipinski definition) is 6. The van der Waals surface area contributed by atoms with Gasteiger partial charge in [0.1, 0.15) is 11.5 Å². The molecular formula is C27H30F2N8O2. The summed E-state index contributed by atoms with van der Waals surface area (Å²) in [5.41, 5.74) is 3.59. The maximum atomic E-state index is 14.0. The van der Waals surface area contributed by atoms with E-state index in [-0.39, 0.29) is 12.0 Å². The van der Waals surface area contributed by atoms with E-state index in [1.165, 1.54) is 6.20 Å². The highest BCUT2D eigenvalue weighted by atomic mass is 19.2. The first-order valence-electron chi connectivity index (χ1n) is 12.6. The summed E-state index contributed by atoms with van der Waals surface area (Å²) in [5, 5.41) is 15.1. The van der Waals surface area contributed by atoms with Gasteiger partial charge in [-0.1, -0.05) is 18.2 Å². The fourth-order valence-corrected chi connectivity index (χ4v) is 4.94. The summed E-state index contributed by atoms with van der Waals surface area (Å²) in [4.78, 5) is 19.1. The number of para-hydroxylation sites is 1. The highest BCUT2D eigenvalue weighted by molar-refractivity contribution is 5.91. The van der Waals surface area contributed by atoms with Gasteiger partial charge in [-0.15, -0.1) is 0 Å². The molecule has 0 radical (unpaired) electrons. The second kappa shape index (κ2) is 11.3. The molecule has 0 spiro atoms. The first kappa shape index (κ1) is 26.4. The van der Waals surface area contributed by atoms with Crippen molar-refractivity contribution < 1.29 is 18.3 Å². The quantitative estimate of drug-likeness (QED) is 0.335. The number of aromatic nitrogens is 5. The molecular weight excluding hydrogens is 506 g/mol. The van der Waals surface area contributed by atoms with E-state index in [1.807, 2.05) is 50.5 Å². The van der Waals surface area contributed by atoms with Crippen molar-refractivity contribution in [3.63, 3.8) is 0 Å². The predicted octanol–water partition coefficient (Wildman–Crippen LogP) is 3.49. The third-order valence-electron chi connectivity index (χ3n) is 6.90. The molecule has 0 bridgehead atoms. The number of anilines is 1. The number of ether oxygens (including phenoxy) is 1.